The van der Waals surface area contributed by atoms with Crippen LogP contribution in [0.3, 0.4) is 0 Å². The SMILES string of the molecule is CC(=O)O[C@H]1CC[C@]2(C)[C@H]3CC=C4[C@@H]5[C@@H](C)[C@H](C)CC[C@]5(C(=O)N5CC6CC[N+](C)(CC6)C5)CC[C@@]4(C)[C@]3(C)CC[C@H]2C1(C)C.[I-]. The molecule has 8 aliphatic rings. The van der Waals surface area contributed by atoms with Gasteiger partial charge in [-0.15, -0.1) is 0 Å². The molecule has 0 unspecified atom stereocenters. The van der Waals surface area contributed by atoms with Gasteiger partial charge in [0, 0.05) is 31.7 Å². The van der Waals surface area contributed by atoms with Crippen LogP contribution in [0.15, 0.2) is 11.6 Å². The molecule has 0 spiro atoms. The molecule has 2 bridgehead atoms. The van der Waals surface area contributed by atoms with E-state index in [1.807, 2.05) is 0 Å². The van der Waals surface area contributed by atoms with Crippen LogP contribution in [-0.2, 0) is 14.3 Å². The molecule has 3 heterocycles. The third-order valence-electron chi connectivity index (χ3n) is 17.1. The number of allylic oxidation sites excluding steroid dienone is 2. The summed E-state index contributed by atoms with van der Waals surface area (Å²) in [6, 6.07) is 0. The van der Waals surface area contributed by atoms with Crippen molar-refractivity contribution in [2.45, 2.75) is 132 Å². The van der Waals surface area contributed by atoms with Gasteiger partial charge >= 0.3 is 5.97 Å². The molecule has 4 saturated carbocycles. The van der Waals surface area contributed by atoms with Gasteiger partial charge in [-0.25, -0.2) is 0 Å². The Morgan fingerprint density at radius 1 is 0.891 bits per heavy atom. The van der Waals surface area contributed by atoms with E-state index < -0.39 is 0 Å². The predicted octanol–water partition coefficient (Wildman–Crippen LogP) is 5.24. The molecule has 7 fully saturated rings. The zero-order chi connectivity index (χ0) is 32.4. The number of carbonyl (C=O) groups is 2. The highest BCUT2D eigenvalue weighted by Crippen LogP contribution is 2.76. The topological polar surface area (TPSA) is 46.6 Å². The van der Waals surface area contributed by atoms with Gasteiger partial charge in [-0.05, 0) is 110 Å². The van der Waals surface area contributed by atoms with E-state index in [1.165, 1.54) is 45.2 Å². The van der Waals surface area contributed by atoms with Crippen molar-refractivity contribution in [1.82, 2.24) is 4.90 Å². The normalized spacial score (nSPS) is 50.8. The molecule has 0 radical (unpaired) electrons. The number of carbonyl (C=O) groups excluding carboxylic acids is 2. The minimum atomic E-state index is -0.226. The number of piperidine rings is 1. The summed E-state index contributed by atoms with van der Waals surface area (Å²) in [4.78, 5) is 29.7. The number of ether oxygens (including phenoxy) is 1. The summed E-state index contributed by atoms with van der Waals surface area (Å²) in [7, 11) is 2.41. The summed E-state index contributed by atoms with van der Waals surface area (Å²) >= 11 is 0. The summed E-state index contributed by atoms with van der Waals surface area (Å²) in [6.07, 6.45) is 15.5. The molecule has 5 nitrogen and oxygen atoms in total. The van der Waals surface area contributed by atoms with Crippen LogP contribution in [0.1, 0.15) is 126 Å². The van der Waals surface area contributed by atoms with Crippen LogP contribution < -0.4 is 24.0 Å². The van der Waals surface area contributed by atoms with E-state index in [0.29, 0.717) is 41.4 Å². The quantitative estimate of drug-likeness (QED) is 0.168. The summed E-state index contributed by atoms with van der Waals surface area (Å²) in [5.74, 6) is 3.82. The monoisotopic (exact) mass is 748 g/mol. The molecule has 0 aromatic carbocycles. The van der Waals surface area contributed by atoms with Crippen LogP contribution in [0.4, 0.5) is 0 Å². The number of halogens is 1. The molecule has 0 aromatic rings. The van der Waals surface area contributed by atoms with E-state index >= 15 is 4.79 Å². The highest BCUT2D eigenvalue weighted by Gasteiger charge is 2.70. The summed E-state index contributed by atoms with van der Waals surface area (Å²) < 4.78 is 7.03. The fourth-order valence-corrected chi connectivity index (χ4v) is 14.1. The molecule has 260 valence electrons. The summed E-state index contributed by atoms with van der Waals surface area (Å²) in [5, 5.41) is 0. The smallest absolute Gasteiger partial charge is 0.302 e. The number of rotatable bonds is 2. The zero-order valence-corrected chi connectivity index (χ0v) is 32.9. The molecule has 46 heavy (non-hydrogen) atoms. The lowest BCUT2D eigenvalue weighted by Gasteiger charge is -2.71. The summed E-state index contributed by atoms with van der Waals surface area (Å²) in [5.41, 5.74) is 2.01. The first-order valence-electron chi connectivity index (χ1n) is 19.0. The molecule has 1 amide bonds. The Morgan fingerprint density at radius 2 is 1.59 bits per heavy atom. The minimum absolute atomic E-state index is 0. The lowest BCUT2D eigenvalue weighted by Crippen LogP contribution is -3.00. The van der Waals surface area contributed by atoms with Crippen LogP contribution in [0.5, 0.6) is 0 Å². The van der Waals surface area contributed by atoms with Crippen molar-refractivity contribution in [1.29, 1.82) is 0 Å². The molecular weight excluding hydrogens is 683 g/mol. The number of fused-ring (bicyclic) bond motifs is 11. The van der Waals surface area contributed by atoms with Crippen LogP contribution in [0.25, 0.3) is 0 Å². The molecule has 6 heteroatoms. The molecule has 10 atom stereocenters. The standard InChI is InChI=1S/C40H65N2O3.HI/c1-26-12-19-40(35(44)41-24-29-15-22-42(9,25-41)23-16-29)21-20-38(7)30(34(40)27(26)2)10-11-32-37(6)17-14-33(45-28(3)43)36(4,5)31(37)13-18-39(32,38)8;/h10,26-27,29,31-34H,11-25H2,1-9H3;1H/q+1;/p-1/t26-,27+,29?,31+,32-,33+,34+,37+,38-,39-,40+,42?;/m1./s1. The Kier molecular flexibility index (Phi) is 8.76. The molecule has 0 aromatic heterocycles. The number of nitrogens with zero attached hydrogens (tertiary/aromatic N) is 2. The van der Waals surface area contributed by atoms with Crippen molar-refractivity contribution in [2.24, 2.45) is 62.6 Å². The van der Waals surface area contributed by atoms with Gasteiger partial charge in [0.05, 0.1) is 25.6 Å². The molecule has 3 aliphatic heterocycles. The maximum Gasteiger partial charge on any atom is 0.302 e. The van der Waals surface area contributed by atoms with E-state index in [2.05, 4.69) is 66.5 Å². The van der Waals surface area contributed by atoms with Gasteiger partial charge in [-0.3, -0.25) is 14.5 Å². The van der Waals surface area contributed by atoms with Crippen molar-refractivity contribution >= 4 is 11.9 Å². The van der Waals surface area contributed by atoms with E-state index in [9.17, 15) is 4.79 Å². The van der Waals surface area contributed by atoms with Gasteiger partial charge in [-0.1, -0.05) is 60.1 Å². The van der Waals surface area contributed by atoms with Gasteiger partial charge in [0.15, 0.2) is 6.67 Å². The van der Waals surface area contributed by atoms with Crippen LogP contribution in [0.2, 0.25) is 0 Å². The first-order chi connectivity index (χ1) is 21.0. The van der Waals surface area contributed by atoms with Gasteiger partial charge in [-0.2, -0.15) is 0 Å². The molecule has 8 rings (SSSR count). The van der Waals surface area contributed by atoms with Crippen molar-refractivity contribution in [2.75, 3.05) is 33.4 Å². The van der Waals surface area contributed by atoms with E-state index in [0.717, 1.165) is 56.2 Å². The van der Waals surface area contributed by atoms with Gasteiger partial charge in [0.1, 0.15) is 6.10 Å². The Balaban J connectivity index is 0.00000372. The van der Waals surface area contributed by atoms with Gasteiger partial charge in [0.25, 0.3) is 0 Å². The largest absolute Gasteiger partial charge is 1.00 e. The van der Waals surface area contributed by atoms with Gasteiger partial charge < -0.3 is 33.2 Å². The lowest BCUT2D eigenvalue weighted by atomic mass is 9.33. The summed E-state index contributed by atoms with van der Waals surface area (Å²) in [6.45, 7) is 23.7. The third-order valence-corrected chi connectivity index (χ3v) is 17.1. The lowest BCUT2D eigenvalue weighted by molar-refractivity contribution is -0.919. The minimum Gasteiger partial charge on any atom is -1.00 e. The van der Waals surface area contributed by atoms with E-state index in [4.69, 9.17) is 4.74 Å². The fourth-order valence-electron chi connectivity index (χ4n) is 14.1. The van der Waals surface area contributed by atoms with Crippen LogP contribution in [0, 0.1) is 62.6 Å². The molecule has 3 saturated heterocycles. The average molecular weight is 749 g/mol. The first kappa shape index (κ1) is 35.2. The highest BCUT2D eigenvalue weighted by molar-refractivity contribution is 5.84. The predicted molar refractivity (Wildman–Crippen MR) is 180 cm³/mol. The second-order valence-electron chi connectivity index (χ2n) is 19.4. The Hall–Kier alpha value is -0.630. The average Bonchev–Trinajstić information content (AvgIpc) is 3.25. The Morgan fingerprint density at radius 3 is 2.26 bits per heavy atom. The number of esters is 1. The maximum absolute atomic E-state index is 15.2. The fraction of sp³-hybridized carbons (Fsp3) is 0.900. The number of hydrogen-bond acceptors (Lipinski definition) is 3. The number of quaternary nitrogens is 1. The number of hydrogen-bond donors (Lipinski definition) is 0. The molecular formula is C40H65IN2O3. The van der Waals surface area contributed by atoms with Crippen LogP contribution in [-0.4, -0.2) is 60.7 Å². The maximum atomic E-state index is 15.2. The zero-order valence-electron chi connectivity index (χ0n) is 30.7. The second-order valence-corrected chi connectivity index (χ2v) is 19.4. The Bertz CT molecular complexity index is 1270. The molecule has 0 N–H and O–H groups in total. The van der Waals surface area contributed by atoms with E-state index in [-0.39, 0.29) is 63.1 Å². The highest BCUT2D eigenvalue weighted by atomic mass is 127. The van der Waals surface area contributed by atoms with Crippen molar-refractivity contribution in [3.63, 3.8) is 0 Å². The Labute approximate surface area is 298 Å². The van der Waals surface area contributed by atoms with E-state index in [1.54, 1.807) is 12.5 Å². The van der Waals surface area contributed by atoms with Crippen molar-refractivity contribution in [3.8, 4) is 0 Å². The van der Waals surface area contributed by atoms with Gasteiger partial charge in [0.2, 0.25) is 5.91 Å². The van der Waals surface area contributed by atoms with Crippen molar-refractivity contribution in [3.05, 3.63) is 11.6 Å². The number of amides is 1. The molecule has 5 aliphatic carbocycles. The first-order valence-corrected chi connectivity index (χ1v) is 19.0. The van der Waals surface area contributed by atoms with Crippen LogP contribution >= 0.6 is 0 Å². The second kappa shape index (κ2) is 11.5. The van der Waals surface area contributed by atoms with Crippen molar-refractivity contribution < 1.29 is 42.8 Å². The third kappa shape index (κ3) is 4.80.